The molecule has 0 bridgehead atoms. The third kappa shape index (κ3) is 4.12. The predicted octanol–water partition coefficient (Wildman–Crippen LogP) is 3.83. The van der Waals surface area contributed by atoms with Crippen LogP contribution in [0.2, 0.25) is 15.1 Å². The zero-order valence-electron chi connectivity index (χ0n) is 8.31. The van der Waals surface area contributed by atoms with Crippen molar-refractivity contribution >= 4 is 60.8 Å². The fourth-order valence-electron chi connectivity index (χ4n) is 1.03. The van der Waals surface area contributed by atoms with Gasteiger partial charge in [-0.3, -0.25) is 0 Å². The summed E-state index contributed by atoms with van der Waals surface area (Å²) in [4.78, 5) is -0.195. The number of hydrogen-bond acceptors (Lipinski definition) is 2. The highest BCUT2D eigenvalue weighted by Crippen LogP contribution is 2.32. The van der Waals surface area contributed by atoms with Crippen molar-refractivity contribution in [2.45, 2.75) is 4.90 Å². The van der Waals surface area contributed by atoms with Crippen LogP contribution in [0, 0.1) is 0 Å². The second kappa shape index (κ2) is 5.91. The molecular weight excluding hydrogens is 372 g/mol. The van der Waals surface area contributed by atoms with Gasteiger partial charge >= 0.3 is 0 Å². The Morgan fingerprint density at radius 1 is 1.29 bits per heavy atom. The summed E-state index contributed by atoms with van der Waals surface area (Å²) < 4.78 is 26.6. The van der Waals surface area contributed by atoms with Crippen molar-refractivity contribution in [1.29, 1.82) is 0 Å². The standard InChI is InChI=1S/C9H7BrCl3NO2S/c1-5(10)4-14-17(15,16)9-7(12)2-6(11)3-8(9)13/h2-3,14H,1,4H2. The van der Waals surface area contributed by atoms with E-state index in [1.165, 1.54) is 12.1 Å². The normalized spacial score (nSPS) is 11.5. The van der Waals surface area contributed by atoms with Crippen molar-refractivity contribution in [3.63, 3.8) is 0 Å². The summed E-state index contributed by atoms with van der Waals surface area (Å²) in [5.41, 5.74) is 0. The van der Waals surface area contributed by atoms with E-state index in [1.807, 2.05) is 0 Å². The number of nitrogens with one attached hydrogen (secondary N) is 1. The Kier molecular flexibility index (Phi) is 5.31. The molecule has 0 aliphatic carbocycles. The predicted molar refractivity (Wildman–Crippen MR) is 74.7 cm³/mol. The fourth-order valence-corrected chi connectivity index (χ4v) is 3.92. The largest absolute Gasteiger partial charge is 0.243 e. The van der Waals surface area contributed by atoms with Gasteiger partial charge in [0.15, 0.2) is 0 Å². The van der Waals surface area contributed by atoms with Gasteiger partial charge < -0.3 is 0 Å². The molecular formula is C9H7BrCl3NO2S. The van der Waals surface area contributed by atoms with Gasteiger partial charge in [0, 0.05) is 16.0 Å². The molecule has 1 rings (SSSR count). The van der Waals surface area contributed by atoms with Crippen LogP contribution in [0.25, 0.3) is 0 Å². The smallest absolute Gasteiger partial charge is 0.207 e. The fraction of sp³-hybridized carbons (Fsp3) is 0.111. The van der Waals surface area contributed by atoms with E-state index in [9.17, 15) is 8.42 Å². The minimum atomic E-state index is -3.80. The molecule has 0 aliphatic heterocycles. The van der Waals surface area contributed by atoms with E-state index in [1.54, 1.807) is 0 Å². The average Bonchev–Trinajstić information content (AvgIpc) is 2.12. The van der Waals surface area contributed by atoms with E-state index in [0.717, 1.165) is 0 Å². The van der Waals surface area contributed by atoms with Crippen molar-refractivity contribution in [3.05, 3.63) is 38.3 Å². The maximum atomic E-state index is 11.9. The Hall–Kier alpha value is 0.220. The molecule has 0 spiro atoms. The molecule has 94 valence electrons. The zero-order chi connectivity index (χ0) is 13.2. The van der Waals surface area contributed by atoms with Crippen molar-refractivity contribution in [3.8, 4) is 0 Å². The van der Waals surface area contributed by atoms with Crippen molar-refractivity contribution < 1.29 is 8.42 Å². The van der Waals surface area contributed by atoms with E-state index in [4.69, 9.17) is 34.8 Å². The topological polar surface area (TPSA) is 46.2 Å². The lowest BCUT2D eigenvalue weighted by Gasteiger charge is -2.09. The molecule has 1 aromatic carbocycles. The quantitative estimate of drug-likeness (QED) is 0.864. The van der Waals surface area contributed by atoms with Gasteiger partial charge in [-0.15, -0.1) is 0 Å². The van der Waals surface area contributed by atoms with Gasteiger partial charge in [0.25, 0.3) is 0 Å². The van der Waals surface area contributed by atoms with Gasteiger partial charge in [-0.05, 0) is 12.1 Å². The number of halogens is 4. The molecule has 0 saturated heterocycles. The molecule has 0 radical (unpaired) electrons. The van der Waals surface area contributed by atoms with Crippen LogP contribution in [-0.4, -0.2) is 15.0 Å². The highest BCUT2D eigenvalue weighted by Gasteiger charge is 2.22. The Labute approximate surface area is 123 Å². The number of benzene rings is 1. The van der Waals surface area contributed by atoms with Crippen LogP contribution in [0.15, 0.2) is 28.1 Å². The minimum absolute atomic E-state index is 0.0322. The summed E-state index contributed by atoms with van der Waals surface area (Å²) >= 11 is 20.4. The molecule has 1 N–H and O–H groups in total. The Morgan fingerprint density at radius 2 is 1.76 bits per heavy atom. The highest BCUT2D eigenvalue weighted by molar-refractivity contribution is 9.11. The first kappa shape index (κ1) is 15.3. The lowest BCUT2D eigenvalue weighted by molar-refractivity contribution is 0.585. The summed E-state index contributed by atoms with van der Waals surface area (Å²) in [6.45, 7) is 3.55. The van der Waals surface area contributed by atoms with Crippen molar-refractivity contribution in [2.75, 3.05) is 6.54 Å². The summed E-state index contributed by atoms with van der Waals surface area (Å²) in [5.74, 6) is 0. The Morgan fingerprint density at radius 3 is 2.18 bits per heavy atom. The van der Waals surface area contributed by atoms with E-state index in [0.29, 0.717) is 4.48 Å². The second-order valence-corrected chi connectivity index (χ2v) is 7.12. The van der Waals surface area contributed by atoms with Crippen LogP contribution in [-0.2, 0) is 10.0 Å². The molecule has 17 heavy (non-hydrogen) atoms. The molecule has 0 aliphatic rings. The average molecular weight is 379 g/mol. The monoisotopic (exact) mass is 377 g/mol. The summed E-state index contributed by atoms with van der Waals surface area (Å²) in [7, 11) is -3.80. The van der Waals surface area contributed by atoms with Gasteiger partial charge in [0.05, 0.1) is 10.0 Å². The van der Waals surface area contributed by atoms with Crippen LogP contribution in [0.3, 0.4) is 0 Å². The first-order valence-electron chi connectivity index (χ1n) is 4.21. The summed E-state index contributed by atoms with van der Waals surface area (Å²) in [6, 6.07) is 2.62. The molecule has 3 nitrogen and oxygen atoms in total. The first-order valence-corrected chi connectivity index (χ1v) is 7.62. The zero-order valence-corrected chi connectivity index (χ0v) is 13.0. The minimum Gasteiger partial charge on any atom is -0.207 e. The Balaban J connectivity index is 3.20. The highest BCUT2D eigenvalue weighted by atomic mass is 79.9. The SMILES string of the molecule is C=C(Br)CNS(=O)(=O)c1c(Cl)cc(Cl)cc1Cl. The van der Waals surface area contributed by atoms with Gasteiger partial charge in [0.2, 0.25) is 10.0 Å². The van der Waals surface area contributed by atoms with E-state index in [2.05, 4.69) is 27.2 Å². The maximum absolute atomic E-state index is 11.9. The molecule has 8 heteroatoms. The molecule has 0 unspecified atom stereocenters. The van der Waals surface area contributed by atoms with E-state index >= 15 is 0 Å². The van der Waals surface area contributed by atoms with Crippen LogP contribution >= 0.6 is 50.7 Å². The van der Waals surface area contributed by atoms with Crippen LogP contribution in [0.4, 0.5) is 0 Å². The second-order valence-electron chi connectivity index (χ2n) is 3.04. The number of sulfonamides is 1. The summed E-state index contributed by atoms with van der Waals surface area (Å²) in [5, 5.41) is 0.203. The molecule has 0 fully saturated rings. The van der Waals surface area contributed by atoms with Crippen LogP contribution in [0.1, 0.15) is 0 Å². The first-order chi connectivity index (χ1) is 7.74. The molecule has 0 amide bonds. The maximum Gasteiger partial charge on any atom is 0.243 e. The molecule has 0 aromatic heterocycles. The van der Waals surface area contributed by atoms with Gasteiger partial charge in [0.1, 0.15) is 4.90 Å². The summed E-state index contributed by atoms with van der Waals surface area (Å²) in [6.07, 6.45) is 0. The third-order valence-corrected chi connectivity index (χ3v) is 4.51. The van der Waals surface area contributed by atoms with Gasteiger partial charge in [-0.2, -0.15) is 0 Å². The van der Waals surface area contributed by atoms with Gasteiger partial charge in [-0.25, -0.2) is 13.1 Å². The van der Waals surface area contributed by atoms with Gasteiger partial charge in [-0.1, -0.05) is 57.3 Å². The Bertz CT molecular complexity index is 536. The molecule has 0 heterocycles. The third-order valence-electron chi connectivity index (χ3n) is 1.69. The van der Waals surface area contributed by atoms with Crippen LogP contribution < -0.4 is 4.72 Å². The lowest BCUT2D eigenvalue weighted by atomic mass is 10.4. The molecule has 0 atom stereocenters. The lowest BCUT2D eigenvalue weighted by Crippen LogP contribution is -2.25. The van der Waals surface area contributed by atoms with E-state index < -0.39 is 10.0 Å². The van der Waals surface area contributed by atoms with Crippen molar-refractivity contribution in [2.24, 2.45) is 0 Å². The van der Waals surface area contributed by atoms with Crippen LogP contribution in [0.5, 0.6) is 0 Å². The number of hydrogen-bond donors (Lipinski definition) is 1. The molecule has 0 saturated carbocycles. The molecule has 1 aromatic rings. The number of rotatable bonds is 4. The van der Waals surface area contributed by atoms with E-state index in [-0.39, 0.29) is 26.5 Å². The van der Waals surface area contributed by atoms with Crippen molar-refractivity contribution in [1.82, 2.24) is 4.72 Å².